The molecule has 5 nitrogen and oxygen atoms in total. The van der Waals surface area contributed by atoms with Gasteiger partial charge in [0.25, 0.3) is 0 Å². The van der Waals surface area contributed by atoms with Crippen LogP contribution < -0.4 is 0 Å². The fraction of sp³-hybridized carbons (Fsp3) is 0.300. The fourth-order valence-corrected chi connectivity index (χ4v) is 2.06. The molecule has 1 N–H and O–H groups in total. The Morgan fingerprint density at radius 3 is 2.69 bits per heavy atom. The van der Waals surface area contributed by atoms with Gasteiger partial charge in [0.1, 0.15) is 0 Å². The van der Waals surface area contributed by atoms with Gasteiger partial charge >= 0.3 is 5.97 Å². The summed E-state index contributed by atoms with van der Waals surface area (Å²) in [6.07, 6.45) is 0. The summed E-state index contributed by atoms with van der Waals surface area (Å²) in [5, 5.41) is 12.5. The summed E-state index contributed by atoms with van der Waals surface area (Å²) < 4.78 is 0.903. The van der Waals surface area contributed by atoms with Gasteiger partial charge in [-0.05, 0) is 64.7 Å². The van der Waals surface area contributed by atoms with Crippen molar-refractivity contribution in [3.63, 3.8) is 0 Å². The number of hydrogen-bond donors (Lipinski definition) is 1. The quantitative estimate of drug-likeness (QED) is 0.398. The third-order valence-corrected chi connectivity index (χ3v) is 4.02. The van der Waals surface area contributed by atoms with Gasteiger partial charge in [0.15, 0.2) is 0 Å². The minimum Gasteiger partial charge on any atom is -0.478 e. The van der Waals surface area contributed by atoms with E-state index >= 15 is 0 Å². The smallest absolute Gasteiger partial charge is 0.335 e. The molecule has 0 amide bonds. The minimum absolute atomic E-state index is 0.179. The van der Waals surface area contributed by atoms with Crippen molar-refractivity contribution in [1.29, 1.82) is 0 Å². The topological polar surface area (TPSA) is 86.1 Å². The zero-order valence-corrected chi connectivity index (χ0v) is 11.0. The van der Waals surface area contributed by atoms with Crippen molar-refractivity contribution in [2.75, 3.05) is 0 Å². The second-order valence-electron chi connectivity index (χ2n) is 3.34. The molecule has 16 heavy (non-hydrogen) atoms. The van der Waals surface area contributed by atoms with Gasteiger partial charge in [-0.1, -0.05) is 5.11 Å². The molecule has 0 aliphatic heterocycles. The molecule has 0 radical (unpaired) electrons. The maximum absolute atomic E-state index is 11.0. The van der Waals surface area contributed by atoms with E-state index in [-0.39, 0.29) is 12.1 Å². The number of nitrogens with zero attached hydrogens (tertiary/aromatic N) is 3. The molecule has 0 fully saturated rings. The van der Waals surface area contributed by atoms with E-state index in [1.807, 2.05) is 6.92 Å². The first-order chi connectivity index (χ1) is 7.49. The van der Waals surface area contributed by atoms with Crippen LogP contribution in [0.15, 0.2) is 11.2 Å². The molecule has 0 atom stereocenters. The van der Waals surface area contributed by atoms with Crippen LogP contribution in [0.4, 0.5) is 0 Å². The van der Waals surface area contributed by atoms with E-state index in [0.29, 0.717) is 0 Å². The van der Waals surface area contributed by atoms with Crippen molar-refractivity contribution in [3.8, 4) is 0 Å². The highest BCUT2D eigenvalue weighted by Crippen LogP contribution is 2.24. The summed E-state index contributed by atoms with van der Waals surface area (Å²) in [5.74, 6) is -0.961. The molecule has 6 heteroatoms. The number of halogens is 1. The van der Waals surface area contributed by atoms with Crippen LogP contribution in [0.1, 0.15) is 27.0 Å². The van der Waals surface area contributed by atoms with E-state index in [9.17, 15) is 4.79 Å². The molecule has 0 aliphatic rings. The zero-order chi connectivity index (χ0) is 12.3. The molecule has 0 unspecified atom stereocenters. The molecular formula is C10H10IN3O2. The highest BCUT2D eigenvalue weighted by molar-refractivity contribution is 14.1. The monoisotopic (exact) mass is 331 g/mol. The molecule has 0 aliphatic carbocycles. The first-order valence-corrected chi connectivity index (χ1v) is 5.59. The van der Waals surface area contributed by atoms with Crippen LogP contribution in [0.25, 0.3) is 10.4 Å². The van der Waals surface area contributed by atoms with Crippen LogP contribution in [-0.4, -0.2) is 11.1 Å². The molecule has 0 saturated heterocycles. The van der Waals surface area contributed by atoms with Gasteiger partial charge in [-0.15, -0.1) is 0 Å². The fourth-order valence-electron chi connectivity index (χ4n) is 1.43. The van der Waals surface area contributed by atoms with Crippen molar-refractivity contribution in [1.82, 2.24) is 0 Å². The Hall–Kier alpha value is -1.27. The Morgan fingerprint density at radius 1 is 1.56 bits per heavy atom. The average Bonchev–Trinajstić information content (AvgIpc) is 2.24. The van der Waals surface area contributed by atoms with E-state index < -0.39 is 5.97 Å². The summed E-state index contributed by atoms with van der Waals surface area (Å²) in [5.41, 5.74) is 11.0. The largest absolute Gasteiger partial charge is 0.478 e. The third-order valence-electron chi connectivity index (χ3n) is 2.40. The molecule has 84 valence electrons. The van der Waals surface area contributed by atoms with Crippen LogP contribution in [0, 0.1) is 17.4 Å². The van der Waals surface area contributed by atoms with Gasteiger partial charge in [0.05, 0.1) is 12.1 Å². The van der Waals surface area contributed by atoms with Gasteiger partial charge in [-0.3, -0.25) is 0 Å². The Kier molecular flexibility index (Phi) is 4.14. The molecule has 0 saturated carbocycles. The predicted octanol–water partition coefficient (Wildman–Crippen LogP) is 3.42. The van der Waals surface area contributed by atoms with Crippen molar-refractivity contribution in [3.05, 3.63) is 42.3 Å². The third kappa shape index (κ3) is 2.45. The van der Waals surface area contributed by atoms with E-state index in [4.69, 9.17) is 10.6 Å². The van der Waals surface area contributed by atoms with E-state index in [1.165, 1.54) is 0 Å². The number of carboxylic acids is 1. The first kappa shape index (κ1) is 12.8. The number of rotatable bonds is 3. The molecule has 1 aromatic carbocycles. The van der Waals surface area contributed by atoms with E-state index in [1.54, 1.807) is 13.0 Å². The second kappa shape index (κ2) is 5.18. The molecule has 1 aromatic rings. The summed E-state index contributed by atoms with van der Waals surface area (Å²) in [7, 11) is 0. The van der Waals surface area contributed by atoms with Crippen LogP contribution in [0.2, 0.25) is 0 Å². The lowest BCUT2D eigenvalue weighted by molar-refractivity contribution is 0.0696. The average molecular weight is 331 g/mol. The van der Waals surface area contributed by atoms with E-state index in [0.717, 1.165) is 20.3 Å². The maximum atomic E-state index is 11.0. The molecule has 0 aromatic heterocycles. The number of carboxylic acid groups (broad SMARTS) is 1. The lowest BCUT2D eigenvalue weighted by Crippen LogP contribution is -2.05. The van der Waals surface area contributed by atoms with Gasteiger partial charge < -0.3 is 5.11 Å². The minimum atomic E-state index is -0.961. The van der Waals surface area contributed by atoms with Crippen molar-refractivity contribution in [2.45, 2.75) is 20.4 Å². The van der Waals surface area contributed by atoms with Crippen LogP contribution >= 0.6 is 22.6 Å². The second-order valence-corrected chi connectivity index (χ2v) is 4.42. The van der Waals surface area contributed by atoms with Crippen molar-refractivity contribution >= 4 is 28.6 Å². The number of carbonyl (C=O) groups is 1. The highest BCUT2D eigenvalue weighted by Gasteiger charge is 2.14. The normalized spacial score (nSPS) is 9.69. The van der Waals surface area contributed by atoms with Gasteiger partial charge in [0.2, 0.25) is 0 Å². The summed E-state index contributed by atoms with van der Waals surface area (Å²) in [4.78, 5) is 13.7. The Bertz CT molecular complexity index is 493. The molecule has 0 spiro atoms. The number of benzene rings is 1. The molecule has 0 heterocycles. The molecular weight excluding hydrogens is 321 g/mol. The number of hydrogen-bond acceptors (Lipinski definition) is 2. The van der Waals surface area contributed by atoms with Crippen molar-refractivity contribution in [2.24, 2.45) is 5.11 Å². The SMILES string of the molecule is Cc1c(CN=[N+]=[N-])cc(C(=O)O)c(C)c1I. The molecule has 0 bridgehead atoms. The summed E-state index contributed by atoms with van der Waals surface area (Å²) in [6.45, 7) is 3.84. The van der Waals surface area contributed by atoms with Gasteiger partial charge in [-0.2, -0.15) is 0 Å². The first-order valence-electron chi connectivity index (χ1n) is 4.51. The van der Waals surface area contributed by atoms with Crippen LogP contribution in [0.3, 0.4) is 0 Å². The van der Waals surface area contributed by atoms with Crippen LogP contribution in [-0.2, 0) is 6.54 Å². The van der Waals surface area contributed by atoms with Gasteiger partial charge in [-0.25, -0.2) is 4.79 Å². The lowest BCUT2D eigenvalue weighted by Gasteiger charge is -2.11. The van der Waals surface area contributed by atoms with E-state index in [2.05, 4.69) is 32.6 Å². The summed E-state index contributed by atoms with van der Waals surface area (Å²) in [6, 6.07) is 1.57. The maximum Gasteiger partial charge on any atom is 0.335 e. The molecule has 1 rings (SSSR count). The Balaban J connectivity index is 3.40. The number of azide groups is 1. The summed E-state index contributed by atoms with van der Waals surface area (Å²) >= 11 is 2.11. The predicted molar refractivity (Wildman–Crippen MR) is 68.4 cm³/mol. The number of aromatic carboxylic acids is 1. The van der Waals surface area contributed by atoms with Gasteiger partial charge in [0, 0.05) is 8.48 Å². The lowest BCUT2D eigenvalue weighted by atomic mass is 10.00. The standard InChI is InChI=1S/C10H10IN3O2/c1-5-7(4-13-14-12)3-8(10(15)16)6(2)9(5)11/h3H,4H2,1-2H3,(H,15,16). The Morgan fingerprint density at radius 2 is 2.19 bits per heavy atom. The van der Waals surface area contributed by atoms with Crippen molar-refractivity contribution < 1.29 is 9.90 Å². The zero-order valence-electron chi connectivity index (χ0n) is 8.86. The highest BCUT2D eigenvalue weighted by atomic mass is 127. The Labute approximate surface area is 106 Å². The van der Waals surface area contributed by atoms with Crippen LogP contribution in [0.5, 0.6) is 0 Å².